The Hall–Kier alpha value is -2.77. The van der Waals surface area contributed by atoms with Crippen LogP contribution in [0.4, 0.5) is 4.79 Å². The highest BCUT2D eigenvalue weighted by atomic mass is 35.5. The molecule has 0 saturated carbocycles. The molecule has 1 fully saturated rings. The fourth-order valence-electron chi connectivity index (χ4n) is 2.75. The quantitative estimate of drug-likeness (QED) is 0.800. The van der Waals surface area contributed by atoms with Crippen molar-refractivity contribution in [3.63, 3.8) is 0 Å². The summed E-state index contributed by atoms with van der Waals surface area (Å²) in [5.41, 5.74) is 1.29. The summed E-state index contributed by atoms with van der Waals surface area (Å²) in [4.78, 5) is 26.0. The summed E-state index contributed by atoms with van der Waals surface area (Å²) in [6.07, 6.45) is -0.744. The summed E-state index contributed by atoms with van der Waals surface area (Å²) < 4.78 is 11.0. The van der Waals surface area contributed by atoms with Gasteiger partial charge in [-0.05, 0) is 42.0 Å². The van der Waals surface area contributed by atoms with Crippen LogP contribution in [-0.2, 0) is 16.1 Å². The van der Waals surface area contributed by atoms with E-state index in [1.807, 2.05) is 0 Å². The zero-order valence-electron chi connectivity index (χ0n) is 15.1. The van der Waals surface area contributed by atoms with Crippen molar-refractivity contribution in [3.05, 3.63) is 64.7 Å². The third kappa shape index (κ3) is 5.61. The Labute approximate surface area is 167 Å². The van der Waals surface area contributed by atoms with Gasteiger partial charge in [0.15, 0.2) is 0 Å². The molecule has 0 radical (unpaired) electrons. The fraction of sp³-hybridized carbons (Fsp3) is 0.300. The average Bonchev–Trinajstić information content (AvgIpc) is 2.72. The Balaban J connectivity index is 1.45. The number of benzene rings is 2. The first-order chi connectivity index (χ1) is 13.5. The second kappa shape index (κ2) is 9.43. The van der Waals surface area contributed by atoms with Crippen LogP contribution in [0.25, 0.3) is 0 Å². The Bertz CT molecular complexity index is 810. The molecule has 7 nitrogen and oxygen atoms in total. The zero-order valence-corrected chi connectivity index (χ0v) is 15.9. The van der Waals surface area contributed by atoms with Gasteiger partial charge in [0.05, 0.1) is 19.3 Å². The minimum atomic E-state index is -0.423. The number of ether oxygens (including phenoxy) is 2. The largest absolute Gasteiger partial charge is 0.508 e. The van der Waals surface area contributed by atoms with E-state index in [1.54, 1.807) is 29.2 Å². The summed E-state index contributed by atoms with van der Waals surface area (Å²) in [6, 6.07) is 13.1. The van der Waals surface area contributed by atoms with Crippen LogP contribution in [0.3, 0.4) is 0 Å². The number of phenols is 1. The highest BCUT2D eigenvalue weighted by molar-refractivity contribution is 6.30. The second-order valence-corrected chi connectivity index (χ2v) is 6.81. The van der Waals surface area contributed by atoms with Gasteiger partial charge in [0.2, 0.25) is 0 Å². The lowest BCUT2D eigenvalue weighted by molar-refractivity contribution is -0.0263. The highest BCUT2D eigenvalue weighted by Gasteiger charge is 2.25. The molecule has 2 aromatic rings. The van der Waals surface area contributed by atoms with Crippen molar-refractivity contribution < 1.29 is 24.2 Å². The van der Waals surface area contributed by atoms with Gasteiger partial charge in [0, 0.05) is 23.7 Å². The van der Waals surface area contributed by atoms with Crippen LogP contribution in [-0.4, -0.2) is 54.4 Å². The first kappa shape index (κ1) is 20.0. The molecule has 1 aliphatic heterocycles. The minimum Gasteiger partial charge on any atom is -0.508 e. The number of nitrogens with one attached hydrogen (secondary N) is 1. The summed E-state index contributed by atoms with van der Waals surface area (Å²) in [6.45, 7) is 1.56. The number of nitrogens with zero attached hydrogens (tertiary/aromatic N) is 1. The zero-order chi connectivity index (χ0) is 19.9. The normalized spacial score (nSPS) is 16.5. The van der Waals surface area contributed by atoms with Crippen molar-refractivity contribution in [2.24, 2.45) is 0 Å². The fourth-order valence-corrected chi connectivity index (χ4v) is 2.87. The third-order valence-electron chi connectivity index (χ3n) is 4.29. The third-order valence-corrected chi connectivity index (χ3v) is 4.54. The van der Waals surface area contributed by atoms with Gasteiger partial charge in [-0.25, -0.2) is 4.79 Å². The number of hydrogen-bond donors (Lipinski definition) is 2. The first-order valence-corrected chi connectivity index (χ1v) is 9.24. The summed E-state index contributed by atoms with van der Waals surface area (Å²) >= 11 is 5.84. The van der Waals surface area contributed by atoms with Crippen molar-refractivity contribution in [1.29, 1.82) is 0 Å². The number of amides is 2. The monoisotopic (exact) mass is 404 g/mol. The second-order valence-electron chi connectivity index (χ2n) is 6.38. The molecule has 0 unspecified atom stereocenters. The van der Waals surface area contributed by atoms with Gasteiger partial charge in [-0.3, -0.25) is 4.79 Å². The number of hydrogen-bond acceptors (Lipinski definition) is 5. The number of morpholine rings is 1. The topological polar surface area (TPSA) is 88.1 Å². The van der Waals surface area contributed by atoms with Gasteiger partial charge in [-0.2, -0.15) is 0 Å². The van der Waals surface area contributed by atoms with Gasteiger partial charge in [0.25, 0.3) is 5.91 Å². The standard InChI is InChI=1S/C20H21ClN2O5/c21-16-5-1-14(2-6-16)13-28-20(26)23-9-10-27-18(12-23)11-22-19(25)15-3-7-17(24)8-4-15/h1-8,18,24H,9-13H2,(H,22,25)/t18-/m0/s1. The van der Waals surface area contributed by atoms with E-state index in [-0.39, 0.29) is 30.9 Å². The maximum Gasteiger partial charge on any atom is 0.410 e. The molecule has 2 aromatic carbocycles. The molecule has 2 N–H and O–H groups in total. The predicted molar refractivity (Wildman–Crippen MR) is 103 cm³/mol. The molecule has 8 heteroatoms. The van der Waals surface area contributed by atoms with E-state index in [1.165, 1.54) is 24.3 Å². The molecular weight excluding hydrogens is 384 g/mol. The summed E-state index contributed by atoms with van der Waals surface area (Å²) in [5.74, 6) is -0.175. The van der Waals surface area contributed by atoms with Crippen LogP contribution in [0, 0.1) is 0 Å². The molecule has 2 amide bonds. The molecular formula is C20H21ClN2O5. The number of carbonyl (C=O) groups excluding carboxylic acids is 2. The number of carbonyl (C=O) groups is 2. The summed E-state index contributed by atoms with van der Waals surface area (Å²) in [5, 5.41) is 12.7. The molecule has 3 rings (SSSR count). The van der Waals surface area contributed by atoms with E-state index in [0.29, 0.717) is 30.3 Å². The van der Waals surface area contributed by atoms with E-state index >= 15 is 0 Å². The van der Waals surface area contributed by atoms with Gasteiger partial charge in [-0.1, -0.05) is 23.7 Å². The van der Waals surface area contributed by atoms with Crippen LogP contribution in [0.1, 0.15) is 15.9 Å². The molecule has 0 aliphatic carbocycles. The van der Waals surface area contributed by atoms with E-state index < -0.39 is 6.09 Å². The smallest absolute Gasteiger partial charge is 0.410 e. The van der Waals surface area contributed by atoms with Gasteiger partial charge < -0.3 is 24.8 Å². The number of aromatic hydroxyl groups is 1. The highest BCUT2D eigenvalue weighted by Crippen LogP contribution is 2.13. The molecule has 148 valence electrons. The number of halogens is 1. The van der Waals surface area contributed by atoms with Crippen molar-refractivity contribution >= 4 is 23.6 Å². The molecule has 1 saturated heterocycles. The average molecular weight is 405 g/mol. The van der Waals surface area contributed by atoms with E-state index in [0.717, 1.165) is 5.56 Å². The van der Waals surface area contributed by atoms with Crippen LogP contribution < -0.4 is 5.32 Å². The molecule has 0 bridgehead atoms. The number of phenolic OH excluding ortho intramolecular Hbond substituents is 1. The van der Waals surface area contributed by atoms with Crippen LogP contribution >= 0.6 is 11.6 Å². The molecule has 28 heavy (non-hydrogen) atoms. The molecule has 0 aromatic heterocycles. The SMILES string of the molecule is O=C(NC[C@H]1CN(C(=O)OCc2ccc(Cl)cc2)CCO1)c1ccc(O)cc1. The van der Waals surface area contributed by atoms with E-state index in [9.17, 15) is 14.7 Å². The van der Waals surface area contributed by atoms with Crippen molar-refractivity contribution in [2.75, 3.05) is 26.2 Å². The first-order valence-electron chi connectivity index (χ1n) is 8.86. The van der Waals surface area contributed by atoms with Crippen LogP contribution in [0.5, 0.6) is 5.75 Å². The molecule has 1 aliphatic rings. The lowest BCUT2D eigenvalue weighted by Gasteiger charge is -2.32. The Morgan fingerprint density at radius 3 is 2.61 bits per heavy atom. The molecule has 1 atom stereocenters. The maximum absolute atomic E-state index is 12.3. The lowest BCUT2D eigenvalue weighted by Crippen LogP contribution is -2.49. The Morgan fingerprint density at radius 1 is 1.18 bits per heavy atom. The Morgan fingerprint density at radius 2 is 1.89 bits per heavy atom. The molecule has 1 heterocycles. The lowest BCUT2D eigenvalue weighted by atomic mass is 10.2. The van der Waals surface area contributed by atoms with Gasteiger partial charge in [0.1, 0.15) is 12.4 Å². The predicted octanol–water partition coefficient (Wildman–Crippen LogP) is 2.81. The van der Waals surface area contributed by atoms with Crippen LogP contribution in [0.15, 0.2) is 48.5 Å². The van der Waals surface area contributed by atoms with Crippen molar-refractivity contribution in [1.82, 2.24) is 10.2 Å². The van der Waals surface area contributed by atoms with Crippen molar-refractivity contribution in [3.8, 4) is 5.75 Å². The van der Waals surface area contributed by atoms with Gasteiger partial charge >= 0.3 is 6.09 Å². The number of rotatable bonds is 5. The van der Waals surface area contributed by atoms with E-state index in [2.05, 4.69) is 5.32 Å². The minimum absolute atomic E-state index is 0.0971. The summed E-state index contributed by atoms with van der Waals surface area (Å²) in [7, 11) is 0. The van der Waals surface area contributed by atoms with Gasteiger partial charge in [-0.15, -0.1) is 0 Å². The van der Waals surface area contributed by atoms with Crippen molar-refractivity contribution in [2.45, 2.75) is 12.7 Å². The van der Waals surface area contributed by atoms with E-state index in [4.69, 9.17) is 21.1 Å². The van der Waals surface area contributed by atoms with Crippen LogP contribution in [0.2, 0.25) is 5.02 Å². The molecule has 0 spiro atoms. The Kier molecular flexibility index (Phi) is 6.73. The maximum atomic E-state index is 12.3.